The van der Waals surface area contributed by atoms with Gasteiger partial charge in [0.25, 0.3) is 0 Å². The smallest absolute Gasteiger partial charge is 0.0108 e. The molecule has 1 saturated heterocycles. The van der Waals surface area contributed by atoms with Crippen molar-refractivity contribution < 1.29 is 0 Å². The molecule has 0 aliphatic carbocycles. The lowest BCUT2D eigenvalue weighted by atomic mass is 10.1. The molecule has 0 radical (unpaired) electrons. The van der Waals surface area contributed by atoms with E-state index in [0.29, 0.717) is 0 Å². The van der Waals surface area contributed by atoms with Gasteiger partial charge < -0.3 is 10.6 Å². The van der Waals surface area contributed by atoms with Crippen molar-refractivity contribution in [2.75, 3.05) is 45.8 Å². The second-order valence-electron chi connectivity index (χ2n) is 5.08. The summed E-state index contributed by atoms with van der Waals surface area (Å²) in [6, 6.07) is 8.79. The summed E-state index contributed by atoms with van der Waals surface area (Å²) in [5.74, 6) is 0. The predicted octanol–water partition coefficient (Wildman–Crippen LogP) is 1.03. The minimum atomic E-state index is 1.08. The molecule has 1 heterocycles. The van der Waals surface area contributed by atoms with Gasteiger partial charge >= 0.3 is 0 Å². The number of nitrogens with zero attached hydrogens (tertiary/aromatic N) is 1. The van der Waals surface area contributed by atoms with Gasteiger partial charge in [-0.3, -0.25) is 4.90 Å². The molecule has 3 nitrogen and oxygen atoms in total. The zero-order valence-corrected chi connectivity index (χ0v) is 11.4. The minimum Gasteiger partial charge on any atom is -0.315 e. The van der Waals surface area contributed by atoms with Crippen molar-refractivity contribution in [1.82, 2.24) is 15.5 Å². The fourth-order valence-electron chi connectivity index (χ4n) is 2.40. The number of aryl methyl sites for hydroxylation is 1. The van der Waals surface area contributed by atoms with Gasteiger partial charge in [-0.25, -0.2) is 0 Å². The Morgan fingerprint density at radius 2 is 2.06 bits per heavy atom. The molecule has 0 aromatic heterocycles. The molecule has 0 atom stereocenters. The van der Waals surface area contributed by atoms with Gasteiger partial charge in [-0.2, -0.15) is 0 Å². The van der Waals surface area contributed by atoms with Gasteiger partial charge in [0.2, 0.25) is 0 Å². The van der Waals surface area contributed by atoms with Gasteiger partial charge in [0, 0.05) is 39.3 Å². The maximum atomic E-state index is 3.54. The molecule has 0 spiro atoms. The van der Waals surface area contributed by atoms with Crippen molar-refractivity contribution in [2.24, 2.45) is 0 Å². The van der Waals surface area contributed by atoms with Crippen molar-refractivity contribution in [2.45, 2.75) is 13.3 Å². The highest BCUT2D eigenvalue weighted by atomic mass is 15.2. The largest absolute Gasteiger partial charge is 0.315 e. The lowest BCUT2D eigenvalue weighted by Crippen LogP contribution is -2.45. The monoisotopic (exact) mass is 247 g/mol. The summed E-state index contributed by atoms with van der Waals surface area (Å²) in [4.78, 5) is 2.52. The van der Waals surface area contributed by atoms with Gasteiger partial charge in [0.15, 0.2) is 0 Å². The molecule has 2 rings (SSSR count). The van der Waals surface area contributed by atoms with Crippen LogP contribution in [0.3, 0.4) is 0 Å². The number of rotatable bonds is 6. The molecular formula is C15H25N3. The van der Waals surface area contributed by atoms with E-state index in [1.165, 1.54) is 30.8 Å². The molecule has 0 unspecified atom stereocenters. The summed E-state index contributed by atoms with van der Waals surface area (Å²) >= 11 is 0. The lowest BCUT2D eigenvalue weighted by molar-refractivity contribution is 0.241. The van der Waals surface area contributed by atoms with Crippen molar-refractivity contribution >= 4 is 0 Å². The molecule has 1 fully saturated rings. The van der Waals surface area contributed by atoms with Gasteiger partial charge in [-0.15, -0.1) is 0 Å². The molecule has 18 heavy (non-hydrogen) atoms. The topological polar surface area (TPSA) is 27.3 Å². The molecular weight excluding hydrogens is 222 g/mol. The van der Waals surface area contributed by atoms with Crippen LogP contribution in [0, 0.1) is 6.92 Å². The Hall–Kier alpha value is -0.900. The maximum absolute atomic E-state index is 3.54. The summed E-state index contributed by atoms with van der Waals surface area (Å²) < 4.78 is 0. The highest BCUT2D eigenvalue weighted by molar-refractivity contribution is 5.22. The van der Waals surface area contributed by atoms with E-state index in [2.05, 4.69) is 46.7 Å². The third-order valence-corrected chi connectivity index (χ3v) is 3.49. The molecule has 1 aromatic carbocycles. The summed E-state index contributed by atoms with van der Waals surface area (Å²) in [5, 5.41) is 6.92. The summed E-state index contributed by atoms with van der Waals surface area (Å²) in [5.41, 5.74) is 2.79. The van der Waals surface area contributed by atoms with Crippen LogP contribution in [0.4, 0.5) is 0 Å². The van der Waals surface area contributed by atoms with E-state index >= 15 is 0 Å². The Kier molecular flexibility index (Phi) is 5.65. The standard InChI is InChI=1S/C15H25N3/c1-14-3-2-4-15(13-14)5-6-16-7-10-18-11-8-17-9-12-18/h2-4,13,16-17H,5-12H2,1H3. The van der Waals surface area contributed by atoms with Crippen LogP contribution in [0.2, 0.25) is 0 Å². The van der Waals surface area contributed by atoms with Gasteiger partial charge in [-0.05, 0) is 25.5 Å². The van der Waals surface area contributed by atoms with E-state index in [-0.39, 0.29) is 0 Å². The number of hydrogen-bond donors (Lipinski definition) is 2. The number of piperazine rings is 1. The molecule has 0 bridgehead atoms. The van der Waals surface area contributed by atoms with E-state index < -0.39 is 0 Å². The SMILES string of the molecule is Cc1cccc(CCNCCN2CCNCC2)c1. The van der Waals surface area contributed by atoms with E-state index in [0.717, 1.165) is 32.6 Å². The van der Waals surface area contributed by atoms with Crippen LogP contribution in [0.15, 0.2) is 24.3 Å². The van der Waals surface area contributed by atoms with E-state index in [1.54, 1.807) is 0 Å². The van der Waals surface area contributed by atoms with E-state index in [9.17, 15) is 0 Å². The first-order valence-electron chi connectivity index (χ1n) is 7.04. The maximum Gasteiger partial charge on any atom is 0.0108 e. The fourth-order valence-corrected chi connectivity index (χ4v) is 2.40. The van der Waals surface area contributed by atoms with E-state index in [4.69, 9.17) is 0 Å². The van der Waals surface area contributed by atoms with Crippen LogP contribution in [0.1, 0.15) is 11.1 Å². The Bertz CT molecular complexity index is 345. The zero-order valence-electron chi connectivity index (χ0n) is 11.4. The van der Waals surface area contributed by atoms with Crippen molar-refractivity contribution in [3.05, 3.63) is 35.4 Å². The normalized spacial score (nSPS) is 16.9. The number of benzene rings is 1. The average Bonchev–Trinajstić information content (AvgIpc) is 2.40. The first-order valence-corrected chi connectivity index (χ1v) is 7.04. The third kappa shape index (κ3) is 4.77. The molecule has 1 aliphatic heterocycles. The number of hydrogen-bond acceptors (Lipinski definition) is 3. The Balaban J connectivity index is 1.55. The fraction of sp³-hybridized carbons (Fsp3) is 0.600. The zero-order chi connectivity index (χ0) is 12.6. The molecule has 0 amide bonds. The number of nitrogens with one attached hydrogen (secondary N) is 2. The highest BCUT2D eigenvalue weighted by Crippen LogP contribution is 2.03. The van der Waals surface area contributed by atoms with Crippen molar-refractivity contribution in [3.8, 4) is 0 Å². The Labute approximate surface area is 111 Å². The first-order chi connectivity index (χ1) is 8.84. The van der Waals surface area contributed by atoms with Gasteiger partial charge in [0.1, 0.15) is 0 Å². The Morgan fingerprint density at radius 3 is 2.83 bits per heavy atom. The third-order valence-electron chi connectivity index (χ3n) is 3.49. The molecule has 2 N–H and O–H groups in total. The highest BCUT2D eigenvalue weighted by Gasteiger charge is 2.07. The van der Waals surface area contributed by atoms with Crippen LogP contribution in [-0.2, 0) is 6.42 Å². The van der Waals surface area contributed by atoms with Crippen molar-refractivity contribution in [3.63, 3.8) is 0 Å². The second-order valence-corrected chi connectivity index (χ2v) is 5.08. The summed E-state index contributed by atoms with van der Waals surface area (Å²) in [6.45, 7) is 10.2. The lowest BCUT2D eigenvalue weighted by Gasteiger charge is -2.27. The predicted molar refractivity (Wildman–Crippen MR) is 77.1 cm³/mol. The molecule has 3 heteroatoms. The van der Waals surface area contributed by atoms with Crippen LogP contribution in [0.5, 0.6) is 0 Å². The summed E-state index contributed by atoms with van der Waals surface area (Å²) in [7, 11) is 0. The first kappa shape index (κ1) is 13.5. The van der Waals surface area contributed by atoms with Crippen molar-refractivity contribution in [1.29, 1.82) is 0 Å². The van der Waals surface area contributed by atoms with Crippen LogP contribution < -0.4 is 10.6 Å². The minimum absolute atomic E-state index is 1.08. The summed E-state index contributed by atoms with van der Waals surface area (Å²) in [6.07, 6.45) is 1.13. The molecule has 100 valence electrons. The van der Waals surface area contributed by atoms with Crippen LogP contribution in [-0.4, -0.2) is 50.7 Å². The van der Waals surface area contributed by atoms with E-state index in [1.807, 2.05) is 0 Å². The van der Waals surface area contributed by atoms with Gasteiger partial charge in [-0.1, -0.05) is 29.8 Å². The van der Waals surface area contributed by atoms with Crippen LogP contribution in [0.25, 0.3) is 0 Å². The molecule has 1 aromatic rings. The van der Waals surface area contributed by atoms with Gasteiger partial charge in [0.05, 0.1) is 0 Å². The quantitative estimate of drug-likeness (QED) is 0.735. The molecule has 0 saturated carbocycles. The Morgan fingerprint density at radius 1 is 1.22 bits per heavy atom. The second kappa shape index (κ2) is 7.52. The van der Waals surface area contributed by atoms with Crippen LogP contribution >= 0.6 is 0 Å². The molecule has 1 aliphatic rings. The average molecular weight is 247 g/mol.